The van der Waals surface area contributed by atoms with Crippen molar-refractivity contribution in [3.8, 4) is 0 Å². The fraction of sp³-hybridized carbons (Fsp3) is 1.00. The third kappa shape index (κ3) is 8.19. The van der Waals surface area contributed by atoms with Crippen molar-refractivity contribution in [1.29, 1.82) is 0 Å². The average Bonchev–Trinajstić information content (AvgIpc) is 2.25. The van der Waals surface area contributed by atoms with Gasteiger partial charge in [-0.3, -0.25) is 0 Å². The van der Waals surface area contributed by atoms with E-state index >= 15 is 0 Å². The zero-order valence-corrected chi connectivity index (χ0v) is 12.4. The Balaban J connectivity index is 3.88. The molecule has 0 heterocycles. The highest BCUT2D eigenvalue weighted by Crippen LogP contribution is 2.27. The summed E-state index contributed by atoms with van der Waals surface area (Å²) in [6, 6.07) is 0. The van der Waals surface area contributed by atoms with Crippen LogP contribution in [0.2, 0.25) is 0 Å². The summed E-state index contributed by atoms with van der Waals surface area (Å²) in [6.45, 7) is 11.8. The summed E-state index contributed by atoms with van der Waals surface area (Å²) in [7, 11) is 0. The van der Waals surface area contributed by atoms with Gasteiger partial charge in [0.2, 0.25) is 0 Å². The summed E-state index contributed by atoms with van der Waals surface area (Å²) >= 11 is 0. The van der Waals surface area contributed by atoms with Gasteiger partial charge in [0.25, 0.3) is 0 Å². The highest BCUT2D eigenvalue weighted by Gasteiger charge is 2.15. The molecule has 0 fully saturated rings. The molecule has 0 aromatic carbocycles. The number of hydrogen-bond acceptors (Lipinski definition) is 0. The summed E-state index contributed by atoms with van der Waals surface area (Å²) < 4.78 is 0. The van der Waals surface area contributed by atoms with Gasteiger partial charge in [-0.1, -0.05) is 79.6 Å². The van der Waals surface area contributed by atoms with E-state index in [2.05, 4.69) is 34.6 Å². The monoisotopic (exact) mass is 226 g/mol. The standard InChI is InChI=1S/C16H34/c1-6-8-10-12-16(11-9-7-2)13-15(5)14(3)4/h14-16H,6-13H2,1-5H3. The molecule has 0 nitrogen and oxygen atoms in total. The van der Waals surface area contributed by atoms with E-state index in [1.165, 1.54) is 51.4 Å². The number of unbranched alkanes of at least 4 members (excludes halogenated alkanes) is 3. The van der Waals surface area contributed by atoms with Gasteiger partial charge in [-0.05, 0) is 24.2 Å². The molecule has 0 amide bonds. The lowest BCUT2D eigenvalue weighted by Gasteiger charge is -2.23. The van der Waals surface area contributed by atoms with Crippen LogP contribution in [0, 0.1) is 17.8 Å². The fourth-order valence-electron chi connectivity index (χ4n) is 2.35. The predicted molar refractivity (Wildman–Crippen MR) is 75.8 cm³/mol. The molecule has 0 saturated carbocycles. The second-order valence-electron chi connectivity index (χ2n) is 5.96. The first-order valence-corrected chi connectivity index (χ1v) is 7.61. The molecule has 0 aliphatic rings. The minimum absolute atomic E-state index is 0.857. The molecule has 2 unspecified atom stereocenters. The van der Waals surface area contributed by atoms with Gasteiger partial charge >= 0.3 is 0 Å². The van der Waals surface area contributed by atoms with Crippen molar-refractivity contribution < 1.29 is 0 Å². The summed E-state index contributed by atoms with van der Waals surface area (Å²) in [6.07, 6.45) is 11.4. The summed E-state index contributed by atoms with van der Waals surface area (Å²) in [4.78, 5) is 0. The second-order valence-corrected chi connectivity index (χ2v) is 5.96. The SMILES string of the molecule is CCCCCC(CCCC)CC(C)C(C)C. The van der Waals surface area contributed by atoms with Crippen molar-refractivity contribution in [3.05, 3.63) is 0 Å². The second kappa shape index (κ2) is 10.2. The van der Waals surface area contributed by atoms with E-state index in [0.29, 0.717) is 0 Å². The minimum Gasteiger partial charge on any atom is -0.0654 e. The van der Waals surface area contributed by atoms with Crippen LogP contribution in [0.4, 0.5) is 0 Å². The summed E-state index contributed by atoms with van der Waals surface area (Å²) in [5.74, 6) is 2.77. The van der Waals surface area contributed by atoms with E-state index in [-0.39, 0.29) is 0 Å². The quantitative estimate of drug-likeness (QED) is 0.397. The van der Waals surface area contributed by atoms with Crippen LogP contribution >= 0.6 is 0 Å². The van der Waals surface area contributed by atoms with Crippen LogP contribution in [0.5, 0.6) is 0 Å². The molecule has 0 N–H and O–H groups in total. The maximum absolute atomic E-state index is 2.43. The van der Waals surface area contributed by atoms with Crippen LogP contribution in [-0.4, -0.2) is 0 Å². The first kappa shape index (κ1) is 16.0. The van der Waals surface area contributed by atoms with Gasteiger partial charge in [0.1, 0.15) is 0 Å². The van der Waals surface area contributed by atoms with Crippen LogP contribution in [0.3, 0.4) is 0 Å². The van der Waals surface area contributed by atoms with E-state index in [1.807, 2.05) is 0 Å². The molecule has 0 aromatic rings. The Morgan fingerprint density at radius 2 is 1.31 bits per heavy atom. The molecule has 0 spiro atoms. The highest BCUT2D eigenvalue weighted by molar-refractivity contribution is 4.66. The van der Waals surface area contributed by atoms with Gasteiger partial charge in [-0.2, -0.15) is 0 Å². The van der Waals surface area contributed by atoms with Gasteiger partial charge < -0.3 is 0 Å². The Labute approximate surface area is 104 Å². The van der Waals surface area contributed by atoms with Crippen molar-refractivity contribution >= 4 is 0 Å². The summed E-state index contributed by atoms with van der Waals surface area (Å²) in [5, 5.41) is 0. The molecule has 0 heteroatoms. The van der Waals surface area contributed by atoms with Gasteiger partial charge in [0, 0.05) is 0 Å². The van der Waals surface area contributed by atoms with E-state index in [4.69, 9.17) is 0 Å². The van der Waals surface area contributed by atoms with Crippen molar-refractivity contribution in [2.45, 2.75) is 86.0 Å². The Hall–Kier alpha value is 0. The van der Waals surface area contributed by atoms with E-state index in [1.54, 1.807) is 0 Å². The molecule has 16 heavy (non-hydrogen) atoms. The third-order valence-corrected chi connectivity index (χ3v) is 4.03. The van der Waals surface area contributed by atoms with E-state index in [0.717, 1.165) is 17.8 Å². The molecule has 0 rings (SSSR count). The molecular formula is C16H34. The fourth-order valence-corrected chi connectivity index (χ4v) is 2.35. The Morgan fingerprint density at radius 1 is 0.750 bits per heavy atom. The van der Waals surface area contributed by atoms with E-state index < -0.39 is 0 Å². The molecule has 98 valence electrons. The van der Waals surface area contributed by atoms with Crippen LogP contribution < -0.4 is 0 Å². The van der Waals surface area contributed by atoms with Crippen LogP contribution in [-0.2, 0) is 0 Å². The maximum Gasteiger partial charge on any atom is -0.0412 e. The van der Waals surface area contributed by atoms with Crippen LogP contribution in [0.1, 0.15) is 86.0 Å². The normalized spacial score (nSPS) is 15.4. The summed E-state index contributed by atoms with van der Waals surface area (Å²) in [5.41, 5.74) is 0. The van der Waals surface area contributed by atoms with Gasteiger partial charge in [-0.25, -0.2) is 0 Å². The maximum atomic E-state index is 2.43. The number of hydrogen-bond donors (Lipinski definition) is 0. The molecule has 0 aliphatic carbocycles. The van der Waals surface area contributed by atoms with Gasteiger partial charge in [0.05, 0.1) is 0 Å². The van der Waals surface area contributed by atoms with Crippen molar-refractivity contribution in [1.82, 2.24) is 0 Å². The van der Waals surface area contributed by atoms with Gasteiger partial charge in [-0.15, -0.1) is 0 Å². The Morgan fingerprint density at radius 3 is 1.81 bits per heavy atom. The molecule has 0 aromatic heterocycles. The number of rotatable bonds is 10. The van der Waals surface area contributed by atoms with Crippen molar-refractivity contribution in [3.63, 3.8) is 0 Å². The molecule has 2 atom stereocenters. The lowest BCUT2D eigenvalue weighted by molar-refractivity contribution is 0.285. The topological polar surface area (TPSA) is 0 Å². The lowest BCUT2D eigenvalue weighted by atomic mass is 9.83. The molecular weight excluding hydrogens is 192 g/mol. The Bertz CT molecular complexity index is 137. The van der Waals surface area contributed by atoms with E-state index in [9.17, 15) is 0 Å². The smallest absolute Gasteiger partial charge is 0.0412 e. The molecule has 0 radical (unpaired) electrons. The van der Waals surface area contributed by atoms with Gasteiger partial charge in [0.15, 0.2) is 0 Å². The molecule has 0 aliphatic heterocycles. The Kier molecular flexibility index (Phi) is 10.2. The van der Waals surface area contributed by atoms with Crippen molar-refractivity contribution in [2.24, 2.45) is 17.8 Å². The zero-order valence-electron chi connectivity index (χ0n) is 12.4. The zero-order chi connectivity index (χ0) is 12.4. The highest BCUT2D eigenvalue weighted by atomic mass is 14.2. The van der Waals surface area contributed by atoms with Crippen LogP contribution in [0.15, 0.2) is 0 Å². The first-order valence-electron chi connectivity index (χ1n) is 7.61. The first-order chi connectivity index (χ1) is 7.61. The average molecular weight is 226 g/mol. The third-order valence-electron chi connectivity index (χ3n) is 4.03. The molecule has 0 bridgehead atoms. The molecule has 0 saturated heterocycles. The lowest BCUT2D eigenvalue weighted by Crippen LogP contribution is -2.11. The van der Waals surface area contributed by atoms with Crippen LogP contribution in [0.25, 0.3) is 0 Å². The minimum atomic E-state index is 0.857. The predicted octanol–water partition coefficient (Wildman–Crippen LogP) is 6.06. The van der Waals surface area contributed by atoms with Crippen molar-refractivity contribution in [2.75, 3.05) is 0 Å². The largest absolute Gasteiger partial charge is 0.0654 e.